The van der Waals surface area contributed by atoms with Crippen molar-refractivity contribution in [3.8, 4) is 0 Å². The van der Waals surface area contributed by atoms with Gasteiger partial charge in [-0.1, -0.05) is 13.8 Å². The number of anilines is 1. The third-order valence-corrected chi connectivity index (χ3v) is 6.51. The molecule has 0 spiro atoms. The van der Waals surface area contributed by atoms with Gasteiger partial charge in [0.15, 0.2) is 6.61 Å². The minimum atomic E-state index is -3.58. The highest BCUT2D eigenvalue weighted by molar-refractivity contribution is 7.89. The van der Waals surface area contributed by atoms with Crippen molar-refractivity contribution in [1.29, 1.82) is 0 Å². The van der Waals surface area contributed by atoms with E-state index in [2.05, 4.69) is 19.2 Å². The molecule has 1 N–H and O–H groups in total. The fraction of sp³-hybridized carbons (Fsp3) is 0.400. The highest BCUT2D eigenvalue weighted by Crippen LogP contribution is 2.27. The molecular formula is C20H24N2O6S. The van der Waals surface area contributed by atoms with E-state index < -0.39 is 28.5 Å². The molecule has 0 radical (unpaired) electrons. The second-order valence-corrected chi connectivity index (χ2v) is 9.33. The molecule has 1 saturated heterocycles. The summed E-state index contributed by atoms with van der Waals surface area (Å²) >= 11 is 0. The SMILES string of the molecule is C[C@@H]1C[C@@H](C)CN(S(=O)(=O)c2ccc(NC(=O)COC(=O)c3ccco3)cc2)C1. The van der Waals surface area contributed by atoms with Crippen LogP contribution in [0.4, 0.5) is 5.69 Å². The van der Waals surface area contributed by atoms with Crippen molar-refractivity contribution < 1.29 is 27.2 Å². The van der Waals surface area contributed by atoms with E-state index in [4.69, 9.17) is 9.15 Å². The summed E-state index contributed by atoms with van der Waals surface area (Å²) in [4.78, 5) is 23.8. The molecule has 1 aliphatic rings. The summed E-state index contributed by atoms with van der Waals surface area (Å²) in [6.07, 6.45) is 2.35. The second kappa shape index (κ2) is 8.79. The Hall–Kier alpha value is -2.65. The number of carbonyl (C=O) groups excluding carboxylic acids is 2. The Labute approximate surface area is 169 Å². The van der Waals surface area contributed by atoms with E-state index in [-0.39, 0.29) is 10.7 Å². The Bertz CT molecular complexity index is 943. The van der Waals surface area contributed by atoms with Crippen LogP contribution in [-0.2, 0) is 19.6 Å². The van der Waals surface area contributed by atoms with E-state index in [0.29, 0.717) is 30.6 Å². The molecule has 0 saturated carbocycles. The molecule has 1 aromatic carbocycles. The number of hydrogen-bond acceptors (Lipinski definition) is 6. The first-order chi connectivity index (χ1) is 13.8. The van der Waals surface area contributed by atoms with Crippen LogP contribution < -0.4 is 5.32 Å². The summed E-state index contributed by atoms with van der Waals surface area (Å²) in [5, 5.41) is 2.56. The lowest BCUT2D eigenvalue weighted by molar-refractivity contribution is -0.119. The Morgan fingerprint density at radius 2 is 1.79 bits per heavy atom. The Kier molecular flexibility index (Phi) is 6.39. The van der Waals surface area contributed by atoms with Crippen molar-refractivity contribution in [3.05, 3.63) is 48.4 Å². The molecule has 1 aromatic heterocycles. The summed E-state index contributed by atoms with van der Waals surface area (Å²) in [5.41, 5.74) is 0.406. The maximum absolute atomic E-state index is 12.9. The average molecular weight is 420 g/mol. The number of piperidine rings is 1. The Morgan fingerprint density at radius 3 is 2.38 bits per heavy atom. The van der Waals surface area contributed by atoms with E-state index in [1.165, 1.54) is 47.0 Å². The van der Waals surface area contributed by atoms with Gasteiger partial charge in [0.25, 0.3) is 5.91 Å². The number of esters is 1. The predicted molar refractivity (Wildman–Crippen MR) is 106 cm³/mol. The van der Waals surface area contributed by atoms with E-state index >= 15 is 0 Å². The number of nitrogens with zero attached hydrogens (tertiary/aromatic N) is 1. The van der Waals surface area contributed by atoms with Crippen molar-refractivity contribution in [3.63, 3.8) is 0 Å². The van der Waals surface area contributed by atoms with Crippen molar-refractivity contribution >= 4 is 27.6 Å². The van der Waals surface area contributed by atoms with Gasteiger partial charge in [-0.25, -0.2) is 13.2 Å². The largest absolute Gasteiger partial charge is 0.457 e. The molecule has 29 heavy (non-hydrogen) atoms. The van der Waals surface area contributed by atoms with Crippen LogP contribution in [0.25, 0.3) is 0 Å². The van der Waals surface area contributed by atoms with Crippen molar-refractivity contribution in [2.24, 2.45) is 11.8 Å². The van der Waals surface area contributed by atoms with Crippen LogP contribution in [0.3, 0.4) is 0 Å². The van der Waals surface area contributed by atoms with Gasteiger partial charge >= 0.3 is 5.97 Å². The van der Waals surface area contributed by atoms with E-state index in [1.807, 2.05) is 0 Å². The fourth-order valence-corrected chi connectivity index (χ4v) is 5.13. The van der Waals surface area contributed by atoms with Gasteiger partial charge in [-0.3, -0.25) is 4.79 Å². The third-order valence-electron chi connectivity index (χ3n) is 4.67. The lowest BCUT2D eigenvalue weighted by Gasteiger charge is -2.34. The van der Waals surface area contributed by atoms with Crippen LogP contribution in [0.15, 0.2) is 52.0 Å². The first-order valence-electron chi connectivity index (χ1n) is 9.36. The summed E-state index contributed by atoms with van der Waals surface area (Å²) in [7, 11) is -3.58. The zero-order chi connectivity index (χ0) is 21.0. The van der Waals surface area contributed by atoms with Gasteiger partial charge in [0.1, 0.15) is 0 Å². The van der Waals surface area contributed by atoms with Gasteiger partial charge in [-0.05, 0) is 54.7 Å². The van der Waals surface area contributed by atoms with Crippen molar-refractivity contribution in [2.75, 3.05) is 25.0 Å². The number of benzene rings is 1. The second-order valence-electron chi connectivity index (χ2n) is 7.39. The first-order valence-corrected chi connectivity index (χ1v) is 10.8. The van der Waals surface area contributed by atoms with Gasteiger partial charge in [0.2, 0.25) is 15.8 Å². The van der Waals surface area contributed by atoms with Gasteiger partial charge < -0.3 is 14.5 Å². The number of nitrogens with one attached hydrogen (secondary N) is 1. The molecule has 2 aromatic rings. The van der Waals surface area contributed by atoms with Crippen LogP contribution in [-0.4, -0.2) is 44.3 Å². The summed E-state index contributed by atoms with van der Waals surface area (Å²) in [6.45, 7) is 4.63. The molecule has 1 fully saturated rings. The summed E-state index contributed by atoms with van der Waals surface area (Å²) < 4.78 is 37.0. The highest BCUT2D eigenvalue weighted by atomic mass is 32.2. The van der Waals surface area contributed by atoms with Crippen LogP contribution in [0.2, 0.25) is 0 Å². The zero-order valence-electron chi connectivity index (χ0n) is 16.3. The molecule has 2 heterocycles. The van der Waals surface area contributed by atoms with E-state index in [1.54, 1.807) is 0 Å². The predicted octanol–water partition coefficient (Wildman–Crippen LogP) is 2.74. The Morgan fingerprint density at radius 1 is 1.14 bits per heavy atom. The minimum Gasteiger partial charge on any atom is -0.457 e. The number of furan rings is 1. The van der Waals surface area contributed by atoms with Gasteiger partial charge in [0, 0.05) is 18.8 Å². The molecule has 1 amide bonds. The molecule has 0 aliphatic carbocycles. The Balaban J connectivity index is 1.58. The van der Waals surface area contributed by atoms with Gasteiger partial charge in [-0.2, -0.15) is 4.31 Å². The maximum atomic E-state index is 12.9. The number of ether oxygens (including phenoxy) is 1. The fourth-order valence-electron chi connectivity index (χ4n) is 3.46. The summed E-state index contributed by atoms with van der Waals surface area (Å²) in [6, 6.07) is 8.92. The molecule has 2 atom stereocenters. The maximum Gasteiger partial charge on any atom is 0.374 e. The number of hydrogen-bond donors (Lipinski definition) is 1. The number of carbonyl (C=O) groups is 2. The van der Waals surface area contributed by atoms with Crippen LogP contribution in [0.5, 0.6) is 0 Å². The number of rotatable bonds is 6. The molecule has 0 unspecified atom stereocenters. The third kappa shape index (κ3) is 5.24. The first kappa shape index (κ1) is 21.1. The highest BCUT2D eigenvalue weighted by Gasteiger charge is 2.31. The van der Waals surface area contributed by atoms with Crippen LogP contribution in [0, 0.1) is 11.8 Å². The minimum absolute atomic E-state index is 0.00806. The van der Waals surface area contributed by atoms with Crippen molar-refractivity contribution in [2.45, 2.75) is 25.2 Å². The standard InChI is InChI=1S/C20H24N2O6S/c1-14-10-15(2)12-22(11-14)29(25,26)17-7-5-16(6-8-17)21-19(23)13-28-20(24)18-4-3-9-27-18/h3-9,14-15H,10-13H2,1-2H3,(H,21,23)/t14-,15-/m1/s1. The zero-order valence-corrected chi connectivity index (χ0v) is 17.1. The molecule has 3 rings (SSSR count). The normalized spacial score (nSPS) is 20.2. The molecule has 1 aliphatic heterocycles. The van der Waals surface area contributed by atoms with Crippen molar-refractivity contribution in [1.82, 2.24) is 4.31 Å². The lowest BCUT2D eigenvalue weighted by atomic mass is 9.94. The lowest BCUT2D eigenvalue weighted by Crippen LogP contribution is -2.42. The quantitative estimate of drug-likeness (QED) is 0.721. The van der Waals surface area contributed by atoms with Gasteiger partial charge in [0.05, 0.1) is 11.2 Å². The number of sulfonamides is 1. The van der Waals surface area contributed by atoms with E-state index in [9.17, 15) is 18.0 Å². The monoisotopic (exact) mass is 420 g/mol. The average Bonchev–Trinajstić information content (AvgIpc) is 3.21. The summed E-state index contributed by atoms with van der Waals surface area (Å²) in [5.74, 6) is -0.642. The molecule has 8 nitrogen and oxygen atoms in total. The molecule has 9 heteroatoms. The van der Waals surface area contributed by atoms with E-state index in [0.717, 1.165) is 6.42 Å². The molecule has 156 valence electrons. The van der Waals surface area contributed by atoms with Crippen LogP contribution in [0.1, 0.15) is 30.8 Å². The van der Waals surface area contributed by atoms with Crippen LogP contribution >= 0.6 is 0 Å². The van der Waals surface area contributed by atoms with Gasteiger partial charge in [-0.15, -0.1) is 0 Å². The topological polar surface area (TPSA) is 106 Å². The molecular weight excluding hydrogens is 396 g/mol. The molecule has 0 bridgehead atoms. The number of amides is 1. The smallest absolute Gasteiger partial charge is 0.374 e.